The normalized spacial score (nSPS) is 10.7. The van der Waals surface area contributed by atoms with Crippen LogP contribution in [0.15, 0.2) is 6.33 Å². The smallest absolute Gasteiger partial charge is 0.140 e. The summed E-state index contributed by atoms with van der Waals surface area (Å²) in [7, 11) is 0. The van der Waals surface area contributed by atoms with Crippen LogP contribution in [0.3, 0.4) is 0 Å². The maximum Gasteiger partial charge on any atom is 0.140 e. The van der Waals surface area contributed by atoms with Crippen molar-refractivity contribution < 1.29 is 5.11 Å². The van der Waals surface area contributed by atoms with Crippen molar-refractivity contribution in [3.63, 3.8) is 0 Å². The van der Waals surface area contributed by atoms with E-state index in [4.69, 9.17) is 11.6 Å². The lowest BCUT2D eigenvalue weighted by Crippen LogP contribution is -2.28. The van der Waals surface area contributed by atoms with Gasteiger partial charge in [0.05, 0.1) is 12.2 Å². The Bertz CT molecular complexity index is 352. The van der Waals surface area contributed by atoms with Crippen LogP contribution in [0.25, 0.3) is 0 Å². The van der Waals surface area contributed by atoms with Crippen LogP contribution in [0.1, 0.15) is 45.1 Å². The number of aliphatic hydroxyl groups excluding tert-OH is 1. The van der Waals surface area contributed by atoms with Gasteiger partial charge in [-0.25, -0.2) is 9.97 Å². The zero-order chi connectivity index (χ0) is 13.4. The third-order valence-electron chi connectivity index (χ3n) is 2.89. The Morgan fingerprint density at radius 2 is 1.78 bits per heavy atom. The first-order valence-electron chi connectivity index (χ1n) is 6.59. The molecule has 1 rings (SSSR count). The standard InChI is InChI=1S/C13H22ClN3O/c1-3-5-7-17(8-6-4-2)13-11(9-18)12(14)15-10-16-13/h10,18H,3-9H2,1-2H3. The molecule has 0 amide bonds. The number of aliphatic hydroxyl groups is 1. The molecule has 1 heterocycles. The summed E-state index contributed by atoms with van der Waals surface area (Å²) in [5.74, 6) is 0.777. The molecule has 0 aliphatic carbocycles. The number of halogens is 1. The predicted molar refractivity (Wildman–Crippen MR) is 75.0 cm³/mol. The van der Waals surface area contributed by atoms with E-state index in [9.17, 15) is 5.11 Å². The number of unbranched alkanes of at least 4 members (excludes halogenated alkanes) is 2. The highest BCUT2D eigenvalue weighted by molar-refractivity contribution is 6.30. The average molecular weight is 272 g/mol. The third kappa shape index (κ3) is 4.10. The highest BCUT2D eigenvalue weighted by Gasteiger charge is 2.15. The largest absolute Gasteiger partial charge is 0.391 e. The summed E-state index contributed by atoms with van der Waals surface area (Å²) in [5, 5.41) is 9.76. The van der Waals surface area contributed by atoms with Gasteiger partial charge in [0, 0.05) is 13.1 Å². The fourth-order valence-electron chi connectivity index (χ4n) is 1.81. The van der Waals surface area contributed by atoms with Crippen molar-refractivity contribution in [3.05, 3.63) is 17.0 Å². The van der Waals surface area contributed by atoms with Crippen molar-refractivity contribution in [2.75, 3.05) is 18.0 Å². The number of hydrogen-bond donors (Lipinski definition) is 1. The number of hydrogen-bond acceptors (Lipinski definition) is 4. The number of anilines is 1. The Morgan fingerprint density at radius 1 is 1.17 bits per heavy atom. The molecule has 102 valence electrons. The van der Waals surface area contributed by atoms with Gasteiger partial charge in [0.15, 0.2) is 0 Å². The van der Waals surface area contributed by atoms with Gasteiger partial charge >= 0.3 is 0 Å². The fraction of sp³-hybridized carbons (Fsp3) is 0.692. The van der Waals surface area contributed by atoms with E-state index in [2.05, 4.69) is 28.7 Å². The van der Waals surface area contributed by atoms with Crippen LogP contribution in [-0.2, 0) is 6.61 Å². The van der Waals surface area contributed by atoms with Crippen LogP contribution in [0.2, 0.25) is 5.15 Å². The summed E-state index contributed by atoms with van der Waals surface area (Å²) in [6, 6.07) is 0. The lowest BCUT2D eigenvalue weighted by atomic mass is 10.2. The summed E-state index contributed by atoms with van der Waals surface area (Å²) in [4.78, 5) is 10.4. The van der Waals surface area contributed by atoms with E-state index in [1.165, 1.54) is 6.33 Å². The Labute approximate surface area is 114 Å². The Morgan fingerprint density at radius 3 is 2.28 bits per heavy atom. The number of rotatable bonds is 8. The second kappa shape index (κ2) is 8.27. The van der Waals surface area contributed by atoms with Gasteiger partial charge in [-0.15, -0.1) is 0 Å². The molecule has 5 heteroatoms. The lowest BCUT2D eigenvalue weighted by Gasteiger charge is -2.25. The molecule has 4 nitrogen and oxygen atoms in total. The molecule has 1 aromatic heterocycles. The molecule has 18 heavy (non-hydrogen) atoms. The molecule has 0 atom stereocenters. The molecule has 1 N–H and O–H groups in total. The van der Waals surface area contributed by atoms with E-state index >= 15 is 0 Å². The molecule has 1 aromatic rings. The summed E-state index contributed by atoms with van der Waals surface area (Å²) in [5.41, 5.74) is 0.631. The van der Waals surface area contributed by atoms with Crippen molar-refractivity contribution >= 4 is 17.4 Å². The second-order valence-corrected chi connectivity index (χ2v) is 4.68. The van der Waals surface area contributed by atoms with Crippen LogP contribution in [-0.4, -0.2) is 28.2 Å². The van der Waals surface area contributed by atoms with Crippen molar-refractivity contribution in [1.82, 2.24) is 9.97 Å². The Kier molecular flexibility index (Phi) is 6.98. The van der Waals surface area contributed by atoms with E-state index in [-0.39, 0.29) is 6.61 Å². The first-order chi connectivity index (χ1) is 8.74. The van der Waals surface area contributed by atoms with E-state index in [0.29, 0.717) is 10.7 Å². The summed E-state index contributed by atoms with van der Waals surface area (Å²) >= 11 is 6.00. The van der Waals surface area contributed by atoms with E-state index in [1.807, 2.05) is 0 Å². The van der Waals surface area contributed by atoms with Crippen LogP contribution in [0.5, 0.6) is 0 Å². The molecular weight excluding hydrogens is 250 g/mol. The van der Waals surface area contributed by atoms with Crippen molar-refractivity contribution in [3.8, 4) is 0 Å². The van der Waals surface area contributed by atoms with Gasteiger partial charge in [0.2, 0.25) is 0 Å². The fourth-order valence-corrected chi connectivity index (χ4v) is 2.00. The topological polar surface area (TPSA) is 49.2 Å². The summed E-state index contributed by atoms with van der Waals surface area (Å²) in [6.45, 7) is 6.09. The highest BCUT2D eigenvalue weighted by Crippen LogP contribution is 2.24. The molecule has 0 radical (unpaired) electrons. The molecular formula is C13H22ClN3O. The number of aromatic nitrogens is 2. The zero-order valence-corrected chi connectivity index (χ0v) is 11.9. The monoisotopic (exact) mass is 271 g/mol. The second-order valence-electron chi connectivity index (χ2n) is 4.32. The van der Waals surface area contributed by atoms with E-state index in [0.717, 1.165) is 44.6 Å². The highest BCUT2D eigenvalue weighted by atomic mass is 35.5. The Balaban J connectivity index is 2.91. The third-order valence-corrected chi connectivity index (χ3v) is 3.22. The maximum absolute atomic E-state index is 9.41. The van der Waals surface area contributed by atoms with Gasteiger partial charge in [-0.1, -0.05) is 38.3 Å². The SMILES string of the molecule is CCCCN(CCCC)c1ncnc(Cl)c1CO. The Hall–Kier alpha value is -0.870. The van der Waals surface area contributed by atoms with Gasteiger partial charge < -0.3 is 10.0 Å². The molecule has 0 aliphatic heterocycles. The van der Waals surface area contributed by atoms with Crippen molar-refractivity contribution in [1.29, 1.82) is 0 Å². The van der Waals surface area contributed by atoms with E-state index < -0.39 is 0 Å². The molecule has 0 unspecified atom stereocenters. The van der Waals surface area contributed by atoms with E-state index in [1.54, 1.807) is 0 Å². The van der Waals surface area contributed by atoms with Gasteiger partial charge in [-0.2, -0.15) is 0 Å². The van der Waals surface area contributed by atoms with Crippen LogP contribution >= 0.6 is 11.6 Å². The molecule has 0 aliphatic rings. The minimum absolute atomic E-state index is 0.121. The van der Waals surface area contributed by atoms with Crippen molar-refractivity contribution in [2.45, 2.75) is 46.1 Å². The van der Waals surface area contributed by atoms with Gasteiger partial charge in [-0.05, 0) is 12.8 Å². The quantitative estimate of drug-likeness (QED) is 0.739. The summed E-state index contributed by atoms with van der Waals surface area (Å²) < 4.78 is 0. The van der Waals surface area contributed by atoms with Crippen LogP contribution < -0.4 is 4.90 Å². The molecule has 0 fully saturated rings. The maximum atomic E-state index is 9.41. The first kappa shape index (κ1) is 15.2. The molecule has 0 spiro atoms. The predicted octanol–water partition coefficient (Wildman–Crippen LogP) is 3.03. The lowest BCUT2D eigenvalue weighted by molar-refractivity contribution is 0.281. The summed E-state index contributed by atoms with van der Waals surface area (Å²) in [6.07, 6.45) is 5.94. The number of nitrogens with zero attached hydrogens (tertiary/aromatic N) is 3. The average Bonchev–Trinajstić information content (AvgIpc) is 2.39. The van der Waals surface area contributed by atoms with Gasteiger partial charge in [0.25, 0.3) is 0 Å². The van der Waals surface area contributed by atoms with Crippen LogP contribution in [0, 0.1) is 0 Å². The van der Waals surface area contributed by atoms with Crippen molar-refractivity contribution in [2.24, 2.45) is 0 Å². The minimum Gasteiger partial charge on any atom is -0.391 e. The first-order valence-corrected chi connectivity index (χ1v) is 6.97. The molecule has 0 aromatic carbocycles. The minimum atomic E-state index is -0.121. The van der Waals surface area contributed by atoms with Gasteiger partial charge in [0.1, 0.15) is 17.3 Å². The zero-order valence-electron chi connectivity index (χ0n) is 11.2. The van der Waals surface area contributed by atoms with Gasteiger partial charge in [-0.3, -0.25) is 0 Å². The molecule has 0 saturated carbocycles. The van der Waals surface area contributed by atoms with Crippen LogP contribution in [0.4, 0.5) is 5.82 Å². The molecule has 0 saturated heterocycles. The molecule has 0 bridgehead atoms.